The molecule has 0 aromatic heterocycles. The summed E-state index contributed by atoms with van der Waals surface area (Å²) in [6, 6.07) is 28.4. The summed E-state index contributed by atoms with van der Waals surface area (Å²) in [5, 5.41) is 4.22. The number of hydrogen-bond acceptors (Lipinski definition) is 0. The topological polar surface area (TPSA) is 23.8 Å². The van der Waals surface area contributed by atoms with E-state index in [4.69, 9.17) is 5.73 Å². The van der Waals surface area contributed by atoms with Crippen LogP contribution in [0.5, 0.6) is 0 Å². The summed E-state index contributed by atoms with van der Waals surface area (Å²) in [6.45, 7) is 0. The van der Waals surface area contributed by atoms with Crippen LogP contribution in [0.1, 0.15) is 55.7 Å². The minimum atomic E-state index is -6.00. The van der Waals surface area contributed by atoms with Crippen molar-refractivity contribution in [2.45, 2.75) is 51.0 Å². The van der Waals surface area contributed by atoms with Crippen LogP contribution in [0.2, 0.25) is 0 Å². The Morgan fingerprint density at radius 1 is 0.650 bits per heavy atom. The second-order valence-electron chi connectivity index (χ2n) is 9.02. The van der Waals surface area contributed by atoms with Crippen LogP contribution in [-0.4, -0.2) is 7.25 Å². The van der Waals surface area contributed by atoms with Gasteiger partial charge < -0.3 is 37.8 Å². The SMILES string of the molecule is C1=CCC/C=C\CC1.F[B-](F)(F)F.[CH3-].[CH3-].[NH-][C@@H]1CCCc2cccc([PH+](c3ccccc3)c3ccccc3)c21.[Rh]. The maximum Gasteiger partial charge on any atom is 0.673 e. The number of benzene rings is 3. The van der Waals surface area contributed by atoms with Crippen LogP contribution in [0, 0.1) is 14.9 Å². The van der Waals surface area contributed by atoms with E-state index in [0.717, 1.165) is 19.3 Å². The third kappa shape index (κ3) is 13.1. The van der Waals surface area contributed by atoms with E-state index in [-0.39, 0.29) is 40.4 Å². The number of aryl methyl sites for hydroxylation is 1. The second-order valence-corrected chi connectivity index (χ2v) is 11.5. The van der Waals surface area contributed by atoms with Crippen LogP contribution >= 0.6 is 7.92 Å². The van der Waals surface area contributed by atoms with Crippen LogP contribution in [0.25, 0.3) is 5.73 Å². The van der Waals surface area contributed by atoms with E-state index >= 15 is 0 Å². The molecule has 1 nitrogen and oxygen atoms in total. The molecule has 8 heteroatoms. The fourth-order valence-electron chi connectivity index (χ4n) is 4.65. The normalized spacial score (nSPS) is 16.4. The Balaban J connectivity index is 0.000000800. The molecule has 0 saturated carbocycles. The molecule has 0 bridgehead atoms. The molecule has 0 spiro atoms. The summed E-state index contributed by atoms with van der Waals surface area (Å²) in [6.07, 6.45) is 17.3. The summed E-state index contributed by atoms with van der Waals surface area (Å²) < 4.78 is 39.0. The summed E-state index contributed by atoms with van der Waals surface area (Å²) >= 11 is 0. The molecule has 0 heterocycles. The van der Waals surface area contributed by atoms with Crippen molar-refractivity contribution >= 4 is 31.1 Å². The molecule has 0 aliphatic heterocycles. The monoisotopic (exact) mass is 659 g/mol. The zero-order chi connectivity index (χ0) is 26.5. The number of rotatable bonds is 3. The van der Waals surface area contributed by atoms with Gasteiger partial charge >= 0.3 is 7.25 Å². The number of hydrogen-bond donors (Lipinski definition) is 0. The van der Waals surface area contributed by atoms with Crippen molar-refractivity contribution in [2.24, 2.45) is 0 Å². The Morgan fingerprint density at radius 2 is 1.07 bits per heavy atom. The van der Waals surface area contributed by atoms with E-state index < -0.39 is 15.2 Å². The van der Waals surface area contributed by atoms with Crippen molar-refractivity contribution in [2.75, 3.05) is 0 Å². The summed E-state index contributed by atoms with van der Waals surface area (Å²) in [5.41, 5.74) is 11.3. The Bertz CT molecular complexity index is 1070. The van der Waals surface area contributed by atoms with E-state index in [9.17, 15) is 17.3 Å². The van der Waals surface area contributed by atoms with Crippen LogP contribution in [0.15, 0.2) is 103 Å². The van der Waals surface area contributed by atoms with E-state index in [1.165, 1.54) is 52.7 Å². The Labute approximate surface area is 253 Å². The van der Waals surface area contributed by atoms with Gasteiger partial charge in [-0.2, -0.15) is 0 Å². The van der Waals surface area contributed by atoms with Crippen molar-refractivity contribution in [3.63, 3.8) is 0 Å². The van der Waals surface area contributed by atoms with Gasteiger partial charge in [0.1, 0.15) is 15.9 Å². The van der Waals surface area contributed by atoms with Crippen molar-refractivity contribution in [1.29, 1.82) is 0 Å². The van der Waals surface area contributed by atoms with Gasteiger partial charge in [-0.25, -0.2) is 0 Å². The van der Waals surface area contributed by atoms with Crippen molar-refractivity contribution < 1.29 is 36.7 Å². The van der Waals surface area contributed by atoms with E-state index in [2.05, 4.69) is 103 Å². The third-order valence-electron chi connectivity index (χ3n) is 6.21. The van der Waals surface area contributed by atoms with Crippen LogP contribution in [0.3, 0.4) is 0 Å². The molecular formula is C32H40BF4NPRh-3. The first-order valence-corrected chi connectivity index (χ1v) is 14.3. The molecule has 1 N–H and O–H groups in total. The van der Waals surface area contributed by atoms with E-state index in [1.54, 1.807) is 0 Å². The molecule has 40 heavy (non-hydrogen) atoms. The molecular weight excluding hydrogens is 619 g/mol. The van der Waals surface area contributed by atoms with Crippen LogP contribution < -0.4 is 15.9 Å². The smallest absolute Gasteiger partial charge is 0.671 e. The number of nitrogens with one attached hydrogen (secondary N) is 1. The fourth-order valence-corrected chi connectivity index (χ4v) is 7.52. The van der Waals surface area contributed by atoms with Crippen molar-refractivity contribution in [1.82, 2.24) is 0 Å². The van der Waals surface area contributed by atoms with Crippen molar-refractivity contribution in [3.8, 4) is 0 Å². The quantitative estimate of drug-likeness (QED) is 0.0880. The van der Waals surface area contributed by atoms with Gasteiger partial charge in [0.25, 0.3) is 0 Å². The molecule has 1 radical (unpaired) electrons. The summed E-state index contributed by atoms with van der Waals surface area (Å²) in [7, 11) is -7.07. The van der Waals surface area contributed by atoms with E-state index in [1.807, 2.05) is 0 Å². The largest absolute Gasteiger partial charge is 0.673 e. The van der Waals surface area contributed by atoms with Gasteiger partial charge in [-0.3, -0.25) is 0 Å². The molecule has 2 aliphatic rings. The first-order valence-electron chi connectivity index (χ1n) is 12.8. The number of halogens is 4. The first-order chi connectivity index (χ1) is 17.8. The molecule has 0 unspecified atom stereocenters. The number of fused-ring (bicyclic) bond motifs is 1. The zero-order valence-corrected chi connectivity index (χ0v) is 25.9. The minimum Gasteiger partial charge on any atom is -0.671 e. The molecule has 0 saturated heterocycles. The Hall–Kier alpha value is -2.06. The molecule has 3 aromatic rings. The van der Waals surface area contributed by atoms with Crippen LogP contribution in [-0.2, 0) is 25.9 Å². The summed E-state index contributed by atoms with van der Waals surface area (Å²) in [5.74, 6) is 0. The molecule has 0 fully saturated rings. The molecule has 0 amide bonds. The van der Waals surface area contributed by atoms with Gasteiger partial charge in [-0.05, 0) is 73.6 Å². The number of allylic oxidation sites excluding steroid dienone is 4. The average Bonchev–Trinajstić information content (AvgIpc) is 2.85. The third-order valence-corrected chi connectivity index (χ3v) is 9.01. The Morgan fingerprint density at radius 3 is 1.50 bits per heavy atom. The van der Waals surface area contributed by atoms with E-state index in [0.29, 0.717) is 0 Å². The first kappa shape index (κ1) is 37.9. The molecule has 5 rings (SSSR count). The maximum atomic E-state index is 9.75. The predicted molar refractivity (Wildman–Crippen MR) is 166 cm³/mol. The molecule has 2 aliphatic carbocycles. The predicted octanol–water partition coefficient (Wildman–Crippen LogP) is 9.48. The Kier molecular flexibility index (Phi) is 18.9. The molecule has 1 atom stereocenters. The van der Waals surface area contributed by atoms with Crippen LogP contribution in [0.4, 0.5) is 17.3 Å². The molecule has 3 aromatic carbocycles. The van der Waals surface area contributed by atoms with Gasteiger partial charge in [-0.1, -0.05) is 85.7 Å². The summed E-state index contributed by atoms with van der Waals surface area (Å²) in [4.78, 5) is 0. The average molecular weight is 659 g/mol. The van der Waals surface area contributed by atoms with Gasteiger partial charge in [0.2, 0.25) is 0 Å². The van der Waals surface area contributed by atoms with Gasteiger partial charge in [0, 0.05) is 19.5 Å². The van der Waals surface area contributed by atoms with Gasteiger partial charge in [0.15, 0.2) is 0 Å². The van der Waals surface area contributed by atoms with Crippen molar-refractivity contribution in [3.05, 3.63) is 135 Å². The fraction of sp³-hybridized carbons (Fsp3) is 0.250. The standard InChI is InChI=1S/C22H21NP.C8H12.2CH3.BF4.Rh/c23-20-15-7-9-17-10-8-16-21(22(17)20)24(18-11-3-1-4-12-18)19-13-5-2-6-14-19;1-2-4-6-8-7-5-3-1;;;2-1(3,4)5;/h1-6,8,10-14,16,20,23H,7,9,15H2;1-2,7-8H,3-6H2;2*1H3;;/q-1;;3*-1;/p+1/b;2-1-,8-7?;;;;/t20-;;;;;/m1...../s1. The molecule has 221 valence electrons. The minimum absolute atomic E-state index is 0. The second kappa shape index (κ2) is 19.9. The van der Waals surface area contributed by atoms with Gasteiger partial charge in [-0.15, -0.1) is 6.04 Å². The van der Waals surface area contributed by atoms with Gasteiger partial charge in [0.05, 0.1) is 7.92 Å². The zero-order valence-electron chi connectivity index (χ0n) is 23.3. The maximum absolute atomic E-state index is 9.75.